The number of carboxylic acids is 1. The van der Waals surface area contributed by atoms with Crippen LogP contribution in [0.2, 0.25) is 0 Å². The van der Waals surface area contributed by atoms with Crippen LogP contribution in [0.1, 0.15) is 13.8 Å². The molecule has 0 saturated heterocycles. The molecule has 0 bridgehead atoms. The molecule has 0 radical (unpaired) electrons. The van der Waals surface area contributed by atoms with Crippen LogP contribution >= 0.6 is 0 Å². The van der Waals surface area contributed by atoms with Crippen LogP contribution in [0.5, 0.6) is 0 Å². The number of ether oxygens (including phenoxy) is 1. The van der Waals surface area contributed by atoms with Gasteiger partial charge in [-0.2, -0.15) is 0 Å². The Balaban J connectivity index is 3.85. The lowest BCUT2D eigenvalue weighted by Gasteiger charge is -2.17. The highest BCUT2D eigenvalue weighted by atomic mass is 16.5. The van der Waals surface area contributed by atoms with E-state index in [1.54, 1.807) is 6.92 Å². The molecule has 4 nitrogen and oxygen atoms in total. The van der Waals surface area contributed by atoms with E-state index in [2.05, 4.69) is 4.74 Å². The third kappa shape index (κ3) is 2.43. The van der Waals surface area contributed by atoms with Crippen molar-refractivity contribution in [2.45, 2.75) is 19.6 Å². The van der Waals surface area contributed by atoms with Crippen molar-refractivity contribution in [2.75, 3.05) is 6.61 Å². The minimum absolute atomic E-state index is 0.305. The maximum Gasteiger partial charge on any atom is 0.350 e. The Kier molecular flexibility index (Phi) is 2.61. The molecule has 0 heterocycles. The molecule has 0 rings (SSSR count). The standard InChI is InChI=1S/C5H11NO3/c1-3-9-5(2,6)4(7)8/h3,6H2,1-2H3,(H,7,8). The maximum absolute atomic E-state index is 10.2. The molecule has 0 aliphatic heterocycles. The average molecular weight is 133 g/mol. The largest absolute Gasteiger partial charge is 0.478 e. The highest BCUT2D eigenvalue weighted by Gasteiger charge is 2.27. The van der Waals surface area contributed by atoms with Crippen LogP contribution in [0.4, 0.5) is 0 Å². The van der Waals surface area contributed by atoms with Crippen LogP contribution < -0.4 is 5.73 Å². The zero-order valence-electron chi connectivity index (χ0n) is 5.55. The van der Waals surface area contributed by atoms with E-state index in [1.165, 1.54) is 6.92 Å². The smallest absolute Gasteiger partial charge is 0.350 e. The van der Waals surface area contributed by atoms with Crippen LogP contribution in [-0.4, -0.2) is 23.4 Å². The van der Waals surface area contributed by atoms with Gasteiger partial charge in [0.25, 0.3) is 0 Å². The topological polar surface area (TPSA) is 72.5 Å². The maximum atomic E-state index is 10.2. The molecule has 0 aromatic rings. The van der Waals surface area contributed by atoms with Gasteiger partial charge in [0.15, 0.2) is 0 Å². The molecular formula is C5H11NO3. The molecule has 0 aromatic heterocycles. The first-order chi connectivity index (χ1) is 4.00. The fourth-order valence-corrected chi connectivity index (χ4v) is 0.362. The summed E-state index contributed by atoms with van der Waals surface area (Å²) in [5, 5.41) is 8.32. The zero-order chi connectivity index (χ0) is 7.49. The molecular weight excluding hydrogens is 122 g/mol. The second-order valence-electron chi connectivity index (χ2n) is 1.85. The number of rotatable bonds is 3. The van der Waals surface area contributed by atoms with Crippen molar-refractivity contribution in [3.63, 3.8) is 0 Å². The quantitative estimate of drug-likeness (QED) is 0.522. The van der Waals surface area contributed by atoms with E-state index in [0.29, 0.717) is 6.61 Å². The highest BCUT2D eigenvalue weighted by Crippen LogP contribution is 1.99. The molecule has 9 heavy (non-hydrogen) atoms. The van der Waals surface area contributed by atoms with Gasteiger partial charge < -0.3 is 9.84 Å². The van der Waals surface area contributed by atoms with Gasteiger partial charge in [-0.15, -0.1) is 0 Å². The number of nitrogens with two attached hydrogens (primary N) is 1. The third-order valence-corrected chi connectivity index (χ3v) is 0.869. The summed E-state index contributed by atoms with van der Waals surface area (Å²) in [6.45, 7) is 3.30. The van der Waals surface area contributed by atoms with Crippen molar-refractivity contribution in [1.29, 1.82) is 0 Å². The van der Waals surface area contributed by atoms with Gasteiger partial charge in [0, 0.05) is 6.61 Å². The number of carbonyl (C=O) groups is 1. The predicted octanol–water partition coefficient (Wildman–Crippen LogP) is -0.218. The summed E-state index contributed by atoms with van der Waals surface area (Å²) in [5.74, 6) is -1.15. The SMILES string of the molecule is CCOC(C)(N)C(=O)O. The summed E-state index contributed by atoms with van der Waals surface area (Å²) in [4.78, 5) is 10.2. The lowest BCUT2D eigenvalue weighted by atomic mass is 10.3. The second kappa shape index (κ2) is 2.80. The normalized spacial score (nSPS) is 16.8. The van der Waals surface area contributed by atoms with Gasteiger partial charge in [0.05, 0.1) is 0 Å². The number of hydrogen-bond acceptors (Lipinski definition) is 3. The first kappa shape index (κ1) is 8.39. The van der Waals surface area contributed by atoms with Crippen molar-refractivity contribution >= 4 is 5.97 Å². The second-order valence-corrected chi connectivity index (χ2v) is 1.85. The van der Waals surface area contributed by atoms with Crippen LogP contribution in [0.15, 0.2) is 0 Å². The minimum atomic E-state index is -1.53. The fourth-order valence-electron chi connectivity index (χ4n) is 0.362. The number of aliphatic carboxylic acids is 1. The van der Waals surface area contributed by atoms with Gasteiger partial charge in [-0.25, -0.2) is 4.79 Å². The van der Waals surface area contributed by atoms with Crippen molar-refractivity contribution in [3.8, 4) is 0 Å². The van der Waals surface area contributed by atoms with Crippen molar-refractivity contribution in [2.24, 2.45) is 5.73 Å². The molecule has 0 spiro atoms. The Morgan fingerprint density at radius 2 is 2.33 bits per heavy atom. The molecule has 0 saturated carbocycles. The van der Waals surface area contributed by atoms with Crippen LogP contribution in [0, 0.1) is 0 Å². The summed E-state index contributed by atoms with van der Waals surface area (Å²) < 4.78 is 4.67. The summed E-state index contributed by atoms with van der Waals surface area (Å²) in [6.07, 6.45) is 0. The Hall–Kier alpha value is -0.610. The summed E-state index contributed by atoms with van der Waals surface area (Å²) in [6, 6.07) is 0. The van der Waals surface area contributed by atoms with E-state index in [1.807, 2.05) is 0 Å². The Labute approximate surface area is 53.6 Å². The van der Waals surface area contributed by atoms with E-state index in [4.69, 9.17) is 10.8 Å². The molecule has 54 valence electrons. The first-order valence-electron chi connectivity index (χ1n) is 2.67. The summed E-state index contributed by atoms with van der Waals surface area (Å²) in [7, 11) is 0. The van der Waals surface area contributed by atoms with Gasteiger partial charge in [-0.05, 0) is 13.8 Å². The molecule has 1 atom stereocenters. The molecule has 4 heteroatoms. The van der Waals surface area contributed by atoms with Crippen LogP contribution in [0.3, 0.4) is 0 Å². The third-order valence-electron chi connectivity index (χ3n) is 0.869. The van der Waals surface area contributed by atoms with E-state index < -0.39 is 11.7 Å². The number of carboxylic acid groups (broad SMARTS) is 1. The van der Waals surface area contributed by atoms with E-state index in [-0.39, 0.29) is 0 Å². The molecule has 0 aliphatic rings. The van der Waals surface area contributed by atoms with Crippen molar-refractivity contribution < 1.29 is 14.6 Å². The lowest BCUT2D eigenvalue weighted by Crippen LogP contribution is -2.47. The van der Waals surface area contributed by atoms with E-state index >= 15 is 0 Å². The van der Waals surface area contributed by atoms with Gasteiger partial charge >= 0.3 is 5.97 Å². The molecule has 0 amide bonds. The molecule has 0 aliphatic carbocycles. The van der Waals surface area contributed by atoms with Crippen LogP contribution in [0.25, 0.3) is 0 Å². The van der Waals surface area contributed by atoms with E-state index in [9.17, 15) is 4.79 Å². The van der Waals surface area contributed by atoms with Gasteiger partial charge in [0.2, 0.25) is 5.72 Å². The minimum Gasteiger partial charge on any atom is -0.478 e. The van der Waals surface area contributed by atoms with Crippen LogP contribution in [-0.2, 0) is 9.53 Å². The van der Waals surface area contributed by atoms with Crippen molar-refractivity contribution in [1.82, 2.24) is 0 Å². The van der Waals surface area contributed by atoms with Crippen molar-refractivity contribution in [3.05, 3.63) is 0 Å². The van der Waals surface area contributed by atoms with Gasteiger partial charge in [-0.3, -0.25) is 5.73 Å². The Bertz CT molecular complexity index is 111. The summed E-state index contributed by atoms with van der Waals surface area (Å²) >= 11 is 0. The fraction of sp³-hybridized carbons (Fsp3) is 0.800. The van der Waals surface area contributed by atoms with Gasteiger partial charge in [0.1, 0.15) is 0 Å². The predicted molar refractivity (Wildman–Crippen MR) is 31.9 cm³/mol. The molecule has 0 fully saturated rings. The molecule has 0 aromatic carbocycles. The molecule has 1 unspecified atom stereocenters. The Morgan fingerprint density at radius 1 is 1.89 bits per heavy atom. The zero-order valence-corrected chi connectivity index (χ0v) is 5.55. The molecule has 3 N–H and O–H groups in total. The number of hydrogen-bond donors (Lipinski definition) is 2. The monoisotopic (exact) mass is 133 g/mol. The van der Waals surface area contributed by atoms with E-state index in [0.717, 1.165) is 0 Å². The van der Waals surface area contributed by atoms with Gasteiger partial charge in [-0.1, -0.05) is 0 Å². The first-order valence-corrected chi connectivity index (χ1v) is 2.67. The lowest BCUT2D eigenvalue weighted by molar-refractivity contribution is -0.162. The highest BCUT2D eigenvalue weighted by molar-refractivity contribution is 5.75. The Morgan fingerprint density at radius 3 is 2.44 bits per heavy atom. The summed E-state index contributed by atoms with van der Waals surface area (Å²) in [5.41, 5.74) is 3.62. The average Bonchev–Trinajstić information content (AvgIpc) is 1.65.